The Balaban J connectivity index is 1.89. The molecule has 0 amide bonds. The van der Waals surface area contributed by atoms with Gasteiger partial charge in [0.15, 0.2) is 0 Å². The third-order valence-electron chi connectivity index (χ3n) is 4.65. The molecule has 2 heterocycles. The summed E-state index contributed by atoms with van der Waals surface area (Å²) in [6.07, 6.45) is 6.39. The molecule has 1 fully saturated rings. The Morgan fingerprint density at radius 3 is 2.38 bits per heavy atom. The summed E-state index contributed by atoms with van der Waals surface area (Å²) in [5.41, 5.74) is 2.32. The molecule has 2 aromatic rings. The van der Waals surface area contributed by atoms with Crippen LogP contribution in [0.25, 0.3) is 0 Å². The van der Waals surface area contributed by atoms with E-state index in [2.05, 4.69) is 16.2 Å². The summed E-state index contributed by atoms with van der Waals surface area (Å²) in [5, 5.41) is 4.32. The highest BCUT2D eigenvalue weighted by atomic mass is 16.5. The Kier molecular flexibility index (Phi) is 4.94. The second-order valence-corrected chi connectivity index (χ2v) is 6.09. The molecule has 1 atom stereocenters. The monoisotopic (exact) mass is 331 g/mol. The van der Waals surface area contributed by atoms with E-state index in [1.54, 1.807) is 21.3 Å². The SMILES string of the molecule is COc1cc(OC)c(CN2CCCC2c2cnn(C)c2)c(OC)c1. The summed E-state index contributed by atoms with van der Waals surface area (Å²) in [4.78, 5) is 2.46. The lowest BCUT2D eigenvalue weighted by atomic mass is 10.1. The normalized spacial score (nSPS) is 17.9. The molecule has 1 unspecified atom stereocenters. The Labute approximate surface area is 142 Å². The second kappa shape index (κ2) is 7.13. The van der Waals surface area contributed by atoms with E-state index in [9.17, 15) is 0 Å². The molecule has 0 aliphatic carbocycles. The summed E-state index contributed by atoms with van der Waals surface area (Å²) in [6.45, 7) is 1.83. The van der Waals surface area contributed by atoms with Crippen LogP contribution in [0.5, 0.6) is 17.2 Å². The average molecular weight is 331 g/mol. The van der Waals surface area contributed by atoms with Crippen LogP contribution in [0.1, 0.15) is 30.0 Å². The maximum Gasteiger partial charge on any atom is 0.130 e. The Hall–Kier alpha value is -2.21. The van der Waals surface area contributed by atoms with Crippen LogP contribution >= 0.6 is 0 Å². The van der Waals surface area contributed by atoms with Gasteiger partial charge in [-0.15, -0.1) is 0 Å². The standard InChI is InChI=1S/C18H25N3O3/c1-20-11-13(10-19-20)16-6-5-7-21(16)12-15-17(23-3)8-14(22-2)9-18(15)24-4/h8-11,16H,5-7,12H2,1-4H3. The first kappa shape index (κ1) is 16.6. The van der Waals surface area contributed by atoms with Crippen LogP contribution in [0.3, 0.4) is 0 Å². The number of hydrogen-bond donors (Lipinski definition) is 0. The number of aryl methyl sites for hydroxylation is 1. The van der Waals surface area contributed by atoms with Gasteiger partial charge in [0.1, 0.15) is 17.2 Å². The molecule has 6 nitrogen and oxygen atoms in total. The minimum atomic E-state index is 0.384. The maximum absolute atomic E-state index is 5.58. The van der Waals surface area contributed by atoms with Crippen molar-refractivity contribution in [2.45, 2.75) is 25.4 Å². The number of nitrogens with zero attached hydrogens (tertiary/aromatic N) is 3. The van der Waals surface area contributed by atoms with Crippen molar-refractivity contribution in [3.05, 3.63) is 35.7 Å². The van der Waals surface area contributed by atoms with E-state index in [1.807, 2.05) is 30.1 Å². The topological polar surface area (TPSA) is 48.8 Å². The Morgan fingerprint density at radius 2 is 1.83 bits per heavy atom. The van der Waals surface area contributed by atoms with Crippen molar-refractivity contribution < 1.29 is 14.2 Å². The third-order valence-corrected chi connectivity index (χ3v) is 4.65. The molecule has 0 N–H and O–H groups in total. The summed E-state index contributed by atoms with van der Waals surface area (Å²) in [7, 11) is 6.96. The molecule has 6 heteroatoms. The zero-order chi connectivity index (χ0) is 17.1. The number of rotatable bonds is 6. The van der Waals surface area contributed by atoms with Crippen molar-refractivity contribution in [1.29, 1.82) is 0 Å². The van der Waals surface area contributed by atoms with Crippen molar-refractivity contribution >= 4 is 0 Å². The summed E-state index contributed by atoms with van der Waals surface area (Å²) in [5.74, 6) is 2.32. The fraction of sp³-hybridized carbons (Fsp3) is 0.500. The highest BCUT2D eigenvalue weighted by Gasteiger charge is 2.29. The maximum atomic E-state index is 5.58. The van der Waals surface area contributed by atoms with Gasteiger partial charge in [-0.2, -0.15) is 5.10 Å². The van der Waals surface area contributed by atoms with Crippen LogP contribution < -0.4 is 14.2 Å². The number of benzene rings is 1. The van der Waals surface area contributed by atoms with Gasteiger partial charge in [-0.1, -0.05) is 0 Å². The molecule has 3 rings (SSSR count). The molecule has 0 radical (unpaired) electrons. The first-order valence-corrected chi connectivity index (χ1v) is 8.17. The predicted molar refractivity (Wildman–Crippen MR) is 91.7 cm³/mol. The molecule has 1 aromatic carbocycles. The van der Waals surface area contributed by atoms with E-state index >= 15 is 0 Å². The molecule has 0 spiro atoms. The lowest BCUT2D eigenvalue weighted by Gasteiger charge is -2.25. The van der Waals surface area contributed by atoms with E-state index < -0.39 is 0 Å². The van der Waals surface area contributed by atoms with E-state index in [0.29, 0.717) is 6.04 Å². The van der Waals surface area contributed by atoms with E-state index in [0.717, 1.165) is 42.3 Å². The van der Waals surface area contributed by atoms with Gasteiger partial charge in [-0.25, -0.2) is 0 Å². The fourth-order valence-electron chi connectivity index (χ4n) is 3.44. The minimum absolute atomic E-state index is 0.384. The van der Waals surface area contributed by atoms with Crippen LogP contribution in [-0.2, 0) is 13.6 Å². The average Bonchev–Trinajstić information content (AvgIpc) is 3.23. The molecule has 1 aliphatic rings. The molecular weight excluding hydrogens is 306 g/mol. The molecular formula is C18H25N3O3. The first-order valence-electron chi connectivity index (χ1n) is 8.17. The van der Waals surface area contributed by atoms with E-state index in [-0.39, 0.29) is 0 Å². The van der Waals surface area contributed by atoms with Crippen molar-refractivity contribution in [2.75, 3.05) is 27.9 Å². The lowest BCUT2D eigenvalue weighted by Crippen LogP contribution is -2.23. The quantitative estimate of drug-likeness (QED) is 0.815. The first-order chi connectivity index (χ1) is 11.7. The van der Waals surface area contributed by atoms with Gasteiger partial charge in [-0.05, 0) is 19.4 Å². The largest absolute Gasteiger partial charge is 0.496 e. The van der Waals surface area contributed by atoms with Crippen molar-refractivity contribution in [1.82, 2.24) is 14.7 Å². The lowest BCUT2D eigenvalue weighted by molar-refractivity contribution is 0.239. The van der Waals surface area contributed by atoms with Crippen LogP contribution in [0.4, 0.5) is 0 Å². The zero-order valence-corrected chi connectivity index (χ0v) is 14.8. The predicted octanol–water partition coefficient (Wildman–Crippen LogP) is 2.78. The number of ether oxygens (including phenoxy) is 3. The fourth-order valence-corrected chi connectivity index (χ4v) is 3.44. The Morgan fingerprint density at radius 1 is 1.12 bits per heavy atom. The highest BCUT2D eigenvalue weighted by molar-refractivity contribution is 5.50. The smallest absolute Gasteiger partial charge is 0.130 e. The van der Waals surface area contributed by atoms with Gasteiger partial charge >= 0.3 is 0 Å². The highest BCUT2D eigenvalue weighted by Crippen LogP contribution is 2.39. The van der Waals surface area contributed by atoms with Crippen molar-refractivity contribution in [3.8, 4) is 17.2 Å². The van der Waals surface area contributed by atoms with Crippen molar-refractivity contribution in [3.63, 3.8) is 0 Å². The van der Waals surface area contributed by atoms with E-state index in [4.69, 9.17) is 14.2 Å². The van der Waals surface area contributed by atoms with Crippen LogP contribution in [0.15, 0.2) is 24.5 Å². The molecule has 0 bridgehead atoms. The Bertz CT molecular complexity index is 674. The molecule has 130 valence electrons. The molecule has 24 heavy (non-hydrogen) atoms. The number of likely N-dealkylation sites (tertiary alicyclic amines) is 1. The number of hydrogen-bond acceptors (Lipinski definition) is 5. The van der Waals surface area contributed by atoms with Gasteiger partial charge < -0.3 is 14.2 Å². The molecule has 0 saturated carbocycles. The van der Waals surface area contributed by atoms with Gasteiger partial charge in [-0.3, -0.25) is 9.58 Å². The molecule has 1 saturated heterocycles. The summed E-state index contributed by atoms with van der Waals surface area (Å²) >= 11 is 0. The summed E-state index contributed by atoms with van der Waals surface area (Å²) < 4.78 is 18.4. The third kappa shape index (κ3) is 3.19. The van der Waals surface area contributed by atoms with Gasteiger partial charge in [0.2, 0.25) is 0 Å². The van der Waals surface area contributed by atoms with Crippen LogP contribution in [0.2, 0.25) is 0 Å². The molecule has 1 aliphatic heterocycles. The van der Waals surface area contributed by atoms with Gasteiger partial charge in [0.25, 0.3) is 0 Å². The summed E-state index contributed by atoms with van der Waals surface area (Å²) in [6, 6.07) is 4.20. The van der Waals surface area contributed by atoms with E-state index in [1.165, 1.54) is 12.0 Å². The van der Waals surface area contributed by atoms with Gasteiger partial charge in [0.05, 0.1) is 33.1 Å². The zero-order valence-electron chi connectivity index (χ0n) is 14.8. The second-order valence-electron chi connectivity index (χ2n) is 6.09. The van der Waals surface area contributed by atoms with Crippen LogP contribution in [0, 0.1) is 0 Å². The minimum Gasteiger partial charge on any atom is -0.496 e. The molecule has 1 aromatic heterocycles. The number of aromatic nitrogens is 2. The van der Waals surface area contributed by atoms with Gasteiger partial charge in [0, 0.05) is 43.5 Å². The number of methoxy groups -OCH3 is 3. The van der Waals surface area contributed by atoms with Crippen molar-refractivity contribution in [2.24, 2.45) is 7.05 Å². The van der Waals surface area contributed by atoms with Crippen LogP contribution in [-0.4, -0.2) is 42.6 Å².